The Kier molecular flexibility index (Phi) is 7.61. The van der Waals surface area contributed by atoms with Crippen LogP contribution in [0.25, 0.3) is 0 Å². The zero-order valence-electron chi connectivity index (χ0n) is 17.1. The van der Waals surface area contributed by atoms with Crippen LogP contribution in [0.2, 0.25) is 0 Å². The van der Waals surface area contributed by atoms with Crippen LogP contribution in [0.1, 0.15) is 11.1 Å². The van der Waals surface area contributed by atoms with E-state index in [0.717, 1.165) is 38.3 Å². The van der Waals surface area contributed by atoms with E-state index in [4.69, 9.17) is 9.47 Å². The van der Waals surface area contributed by atoms with Gasteiger partial charge >= 0.3 is 0 Å². The third-order valence-electron chi connectivity index (χ3n) is 5.18. The van der Waals surface area contributed by atoms with Gasteiger partial charge in [-0.1, -0.05) is 30.3 Å². The maximum Gasteiger partial charge on any atom is 0.295 e. The molecule has 1 aliphatic rings. The molecule has 1 amide bonds. The minimum atomic E-state index is -0.0664. The molecule has 0 radical (unpaired) electrons. The number of carbonyl (C=O) groups excluding carboxylic acids is 1. The van der Waals surface area contributed by atoms with Crippen LogP contribution in [0.15, 0.2) is 53.6 Å². The maximum atomic E-state index is 12.2. The number of nitrogens with one attached hydrogen (secondary N) is 3. The smallest absolute Gasteiger partial charge is 0.295 e. The Hall–Kier alpha value is -2.90. The van der Waals surface area contributed by atoms with Crippen molar-refractivity contribution in [3.05, 3.63) is 59.7 Å². The van der Waals surface area contributed by atoms with Crippen molar-refractivity contribution < 1.29 is 24.1 Å². The normalized spacial score (nSPS) is 19.1. The number of hydrazone groups is 1. The summed E-state index contributed by atoms with van der Waals surface area (Å²) in [6.07, 6.45) is 1.61. The van der Waals surface area contributed by atoms with Crippen LogP contribution < -0.4 is 24.7 Å². The van der Waals surface area contributed by atoms with E-state index in [-0.39, 0.29) is 5.91 Å². The highest BCUT2D eigenvalue weighted by Gasteiger charge is 2.24. The first-order chi connectivity index (χ1) is 14.2. The van der Waals surface area contributed by atoms with Gasteiger partial charge in [-0.2, -0.15) is 5.10 Å². The van der Waals surface area contributed by atoms with Gasteiger partial charge in [0, 0.05) is 5.56 Å². The summed E-state index contributed by atoms with van der Waals surface area (Å²) in [4.78, 5) is 15.1. The van der Waals surface area contributed by atoms with Gasteiger partial charge in [0.25, 0.3) is 5.91 Å². The fourth-order valence-electron chi connectivity index (χ4n) is 3.57. The van der Waals surface area contributed by atoms with Crippen molar-refractivity contribution in [1.29, 1.82) is 0 Å². The van der Waals surface area contributed by atoms with Crippen molar-refractivity contribution in [2.75, 3.05) is 46.9 Å². The van der Waals surface area contributed by atoms with E-state index in [0.29, 0.717) is 18.0 Å². The molecular formula is C22H30N4O3+2. The van der Waals surface area contributed by atoms with Gasteiger partial charge in [0.05, 0.1) is 20.4 Å². The average molecular weight is 399 g/mol. The quantitative estimate of drug-likeness (QED) is 0.400. The molecule has 3 N–H and O–H groups in total. The predicted molar refractivity (Wildman–Crippen MR) is 112 cm³/mol. The van der Waals surface area contributed by atoms with Crippen molar-refractivity contribution >= 4 is 12.1 Å². The molecule has 0 aromatic heterocycles. The lowest BCUT2D eigenvalue weighted by atomic mass is 10.2. The SMILES string of the molecule is COc1ccc(/C=N\NC(=O)C[NH+]2CC[NH+](Cc3ccccc3)CC2)cc1OC. The number of benzene rings is 2. The van der Waals surface area contributed by atoms with Gasteiger partial charge in [-0.25, -0.2) is 5.43 Å². The van der Waals surface area contributed by atoms with E-state index in [9.17, 15) is 4.79 Å². The second kappa shape index (κ2) is 10.6. The first-order valence-electron chi connectivity index (χ1n) is 9.93. The maximum absolute atomic E-state index is 12.2. The summed E-state index contributed by atoms with van der Waals surface area (Å²) in [5, 5.41) is 4.07. The number of methoxy groups -OCH3 is 2. The third kappa shape index (κ3) is 6.30. The molecule has 0 bridgehead atoms. The summed E-state index contributed by atoms with van der Waals surface area (Å²) >= 11 is 0. The zero-order chi connectivity index (χ0) is 20.5. The fraction of sp³-hybridized carbons (Fsp3) is 0.364. The highest BCUT2D eigenvalue weighted by Crippen LogP contribution is 2.26. The van der Waals surface area contributed by atoms with Crippen LogP contribution in [0.4, 0.5) is 0 Å². The Bertz CT molecular complexity index is 818. The molecular weight excluding hydrogens is 368 g/mol. The van der Waals surface area contributed by atoms with Crippen molar-refractivity contribution in [3.8, 4) is 11.5 Å². The Morgan fingerprint density at radius 2 is 1.69 bits per heavy atom. The minimum absolute atomic E-state index is 0.0664. The molecule has 2 aromatic carbocycles. The summed E-state index contributed by atoms with van der Waals surface area (Å²) in [6.45, 7) is 5.64. The van der Waals surface area contributed by atoms with E-state index in [2.05, 4.69) is 34.8 Å². The zero-order valence-corrected chi connectivity index (χ0v) is 17.1. The second-order valence-corrected chi connectivity index (χ2v) is 7.25. The lowest BCUT2D eigenvalue weighted by Gasteiger charge is -2.29. The standard InChI is InChI=1S/C22H28N4O3/c1-28-20-9-8-19(14-21(20)29-2)15-23-24-22(27)17-26-12-10-25(11-13-26)16-18-6-4-3-5-7-18/h3-9,14-15H,10-13,16-17H2,1-2H3,(H,24,27)/p+2/b23-15-. The molecule has 7 nitrogen and oxygen atoms in total. The van der Waals surface area contributed by atoms with Crippen molar-refractivity contribution in [3.63, 3.8) is 0 Å². The molecule has 0 atom stereocenters. The van der Waals surface area contributed by atoms with E-state index in [1.165, 1.54) is 10.5 Å². The van der Waals surface area contributed by atoms with Gasteiger partial charge in [0.1, 0.15) is 32.7 Å². The molecule has 1 fully saturated rings. The van der Waals surface area contributed by atoms with Gasteiger partial charge in [-0.3, -0.25) is 4.79 Å². The fourth-order valence-corrected chi connectivity index (χ4v) is 3.57. The van der Waals surface area contributed by atoms with E-state index in [1.807, 2.05) is 24.3 Å². The molecule has 0 unspecified atom stereocenters. The van der Waals surface area contributed by atoms with Crippen LogP contribution in [-0.2, 0) is 11.3 Å². The Balaban J connectivity index is 1.40. The third-order valence-corrected chi connectivity index (χ3v) is 5.18. The van der Waals surface area contributed by atoms with Crippen LogP contribution in [0.3, 0.4) is 0 Å². The summed E-state index contributed by atoms with van der Waals surface area (Å²) < 4.78 is 10.5. The molecule has 2 aromatic rings. The highest BCUT2D eigenvalue weighted by molar-refractivity contribution is 5.83. The monoisotopic (exact) mass is 398 g/mol. The molecule has 0 spiro atoms. The molecule has 1 aliphatic heterocycles. The van der Waals surface area contributed by atoms with Gasteiger partial charge in [0.15, 0.2) is 18.0 Å². The van der Waals surface area contributed by atoms with Gasteiger partial charge in [0.2, 0.25) is 0 Å². The lowest BCUT2D eigenvalue weighted by molar-refractivity contribution is -1.02. The number of piperazine rings is 1. The summed E-state index contributed by atoms with van der Waals surface area (Å²) in [7, 11) is 3.18. The van der Waals surface area contributed by atoms with Crippen LogP contribution in [0, 0.1) is 0 Å². The topological polar surface area (TPSA) is 68.8 Å². The van der Waals surface area contributed by atoms with Crippen molar-refractivity contribution in [1.82, 2.24) is 5.43 Å². The van der Waals surface area contributed by atoms with Gasteiger partial charge in [-0.15, -0.1) is 0 Å². The number of nitrogens with zero attached hydrogens (tertiary/aromatic N) is 1. The Morgan fingerprint density at radius 1 is 1.00 bits per heavy atom. The van der Waals surface area contributed by atoms with Crippen molar-refractivity contribution in [2.24, 2.45) is 5.10 Å². The van der Waals surface area contributed by atoms with Crippen LogP contribution in [-0.4, -0.2) is 59.1 Å². The van der Waals surface area contributed by atoms with Crippen LogP contribution >= 0.6 is 0 Å². The highest BCUT2D eigenvalue weighted by atomic mass is 16.5. The molecule has 3 rings (SSSR count). The largest absolute Gasteiger partial charge is 0.493 e. The second-order valence-electron chi connectivity index (χ2n) is 7.25. The number of hydrogen-bond acceptors (Lipinski definition) is 4. The number of hydrogen-bond donors (Lipinski definition) is 3. The first kappa shape index (κ1) is 20.8. The molecule has 0 saturated carbocycles. The minimum Gasteiger partial charge on any atom is -0.493 e. The molecule has 29 heavy (non-hydrogen) atoms. The van der Waals surface area contributed by atoms with Gasteiger partial charge < -0.3 is 19.3 Å². The number of quaternary nitrogens is 2. The molecule has 1 heterocycles. The number of carbonyl (C=O) groups is 1. The van der Waals surface area contributed by atoms with Crippen molar-refractivity contribution in [2.45, 2.75) is 6.54 Å². The Morgan fingerprint density at radius 3 is 2.38 bits per heavy atom. The summed E-state index contributed by atoms with van der Waals surface area (Å²) in [5.41, 5.74) is 4.82. The predicted octanol–water partition coefficient (Wildman–Crippen LogP) is -0.862. The average Bonchev–Trinajstić information content (AvgIpc) is 2.75. The van der Waals surface area contributed by atoms with E-state index >= 15 is 0 Å². The van der Waals surface area contributed by atoms with Crippen LogP contribution in [0.5, 0.6) is 11.5 Å². The molecule has 7 heteroatoms. The molecule has 154 valence electrons. The molecule has 1 saturated heterocycles. The van der Waals surface area contributed by atoms with E-state index < -0.39 is 0 Å². The summed E-state index contributed by atoms with van der Waals surface area (Å²) in [5.74, 6) is 1.22. The summed E-state index contributed by atoms with van der Waals surface area (Å²) in [6, 6.07) is 16.1. The first-order valence-corrected chi connectivity index (χ1v) is 9.93. The van der Waals surface area contributed by atoms with Gasteiger partial charge in [-0.05, 0) is 23.8 Å². The number of ether oxygens (including phenoxy) is 2. The van der Waals surface area contributed by atoms with E-state index in [1.54, 1.807) is 25.3 Å². The lowest BCUT2D eigenvalue weighted by Crippen LogP contribution is -3.28. The number of amides is 1. The molecule has 0 aliphatic carbocycles. The Labute approximate surface area is 171 Å². The number of rotatable bonds is 8.